The number of unbranched alkanes of at least 4 members (excludes halogenated alkanes) is 1. The maximum atomic E-state index is 11.4. The molecule has 0 spiro atoms. The average molecular weight is 811 g/mol. The summed E-state index contributed by atoms with van der Waals surface area (Å²) < 4.78 is 8.72. The van der Waals surface area contributed by atoms with Crippen LogP contribution in [-0.4, -0.2) is 36.2 Å². The van der Waals surface area contributed by atoms with Crippen molar-refractivity contribution in [2.75, 3.05) is 0 Å². The number of amides is 1. The van der Waals surface area contributed by atoms with Gasteiger partial charge >= 0.3 is 0 Å². The highest BCUT2D eigenvalue weighted by Crippen LogP contribution is 2.49. The molecule has 8 rings (SSSR count). The standard InChI is InChI=1S/C44H37BrClN7O2/c1-2-3-23-39-48-42(46)38(26-47-29-54)52(39)27-36-33-24-25-55-28-37(33)41(45)40(36)34-21-13-14-22-35(34)43-49-51-53(50-43)44(30-15-7-4-8-16-30,31-17-9-5-10-18-31)32-19-11-6-12-20-32/h4-22,24-25,28-29H,2-3,23,26-27H2,1H3,(H,47,54). The van der Waals surface area contributed by atoms with Gasteiger partial charge in [0, 0.05) is 27.6 Å². The zero-order valence-electron chi connectivity index (χ0n) is 30.1. The van der Waals surface area contributed by atoms with E-state index >= 15 is 0 Å². The van der Waals surface area contributed by atoms with Crippen LogP contribution >= 0.6 is 27.5 Å². The second-order valence-electron chi connectivity index (χ2n) is 13.3. The number of nitrogens with zero attached hydrogens (tertiary/aromatic N) is 6. The lowest BCUT2D eigenvalue weighted by atomic mass is 9.77. The second kappa shape index (κ2) is 15.9. The predicted octanol–water partition coefficient (Wildman–Crippen LogP) is 9.79. The molecule has 0 fully saturated rings. The molecule has 0 atom stereocenters. The first-order valence-electron chi connectivity index (χ1n) is 18.2. The van der Waals surface area contributed by atoms with E-state index in [1.165, 1.54) is 0 Å². The topological polar surface area (TPSA) is 104 Å². The molecule has 4 aromatic carbocycles. The lowest BCUT2D eigenvalue weighted by Crippen LogP contribution is -2.39. The van der Waals surface area contributed by atoms with Gasteiger partial charge in [-0.3, -0.25) is 4.79 Å². The largest absolute Gasteiger partial charge is 0.472 e. The van der Waals surface area contributed by atoms with Gasteiger partial charge in [0.15, 0.2) is 10.7 Å². The summed E-state index contributed by atoms with van der Waals surface area (Å²) in [6, 6.07) is 41.0. The highest BCUT2D eigenvalue weighted by atomic mass is 79.9. The summed E-state index contributed by atoms with van der Waals surface area (Å²) >= 11 is 10.7. The van der Waals surface area contributed by atoms with Crippen molar-refractivity contribution in [1.82, 2.24) is 35.1 Å². The van der Waals surface area contributed by atoms with Gasteiger partial charge in [0.1, 0.15) is 5.82 Å². The lowest BCUT2D eigenvalue weighted by molar-refractivity contribution is -0.109. The van der Waals surface area contributed by atoms with Crippen molar-refractivity contribution in [3.63, 3.8) is 0 Å². The van der Waals surface area contributed by atoms with Crippen LogP contribution in [0, 0.1) is 0 Å². The maximum absolute atomic E-state index is 11.4. The van der Waals surface area contributed by atoms with Crippen molar-refractivity contribution in [2.45, 2.75) is 44.8 Å². The van der Waals surface area contributed by atoms with Gasteiger partial charge in [0.25, 0.3) is 0 Å². The number of aryl methyl sites for hydroxylation is 1. The fourth-order valence-electron chi connectivity index (χ4n) is 7.58. The van der Waals surface area contributed by atoms with Crippen LogP contribution in [0.15, 0.2) is 143 Å². The number of aromatic nitrogens is 6. The second-order valence-corrected chi connectivity index (χ2v) is 14.4. The Balaban J connectivity index is 1.32. The minimum Gasteiger partial charge on any atom is -0.472 e. The molecule has 6 aromatic rings. The molecular weight excluding hydrogens is 774 g/mol. The number of carbonyl (C=O) groups is 1. The van der Waals surface area contributed by atoms with E-state index < -0.39 is 5.54 Å². The van der Waals surface area contributed by atoms with Crippen molar-refractivity contribution in [3.05, 3.63) is 177 Å². The van der Waals surface area contributed by atoms with E-state index in [1.807, 2.05) is 78.9 Å². The number of imidazole rings is 1. The third kappa shape index (κ3) is 6.55. The average Bonchev–Trinajstić information content (AvgIpc) is 3.92. The van der Waals surface area contributed by atoms with E-state index in [2.05, 4.69) is 75.2 Å². The number of halogens is 2. The van der Waals surface area contributed by atoms with Crippen LogP contribution < -0.4 is 5.32 Å². The van der Waals surface area contributed by atoms with Crippen LogP contribution in [0.25, 0.3) is 33.6 Å². The summed E-state index contributed by atoms with van der Waals surface area (Å²) in [7, 11) is 0. The van der Waals surface area contributed by atoms with Gasteiger partial charge in [-0.1, -0.05) is 140 Å². The number of carbonyl (C=O) groups excluding carboxylic acids is 1. The van der Waals surface area contributed by atoms with Gasteiger partial charge in [0.2, 0.25) is 12.2 Å². The van der Waals surface area contributed by atoms with Crippen LogP contribution in [0.5, 0.6) is 0 Å². The Bertz CT molecular complexity index is 2420. The first kappa shape index (κ1) is 36.2. The zero-order valence-corrected chi connectivity index (χ0v) is 32.4. The highest BCUT2D eigenvalue weighted by Gasteiger charge is 2.41. The monoisotopic (exact) mass is 809 g/mol. The molecule has 0 unspecified atom stereocenters. The number of rotatable bonds is 14. The summed E-state index contributed by atoms with van der Waals surface area (Å²) in [5.74, 6) is 1.34. The van der Waals surface area contributed by atoms with E-state index in [1.54, 1.807) is 17.3 Å². The molecule has 274 valence electrons. The van der Waals surface area contributed by atoms with E-state index in [4.69, 9.17) is 36.4 Å². The van der Waals surface area contributed by atoms with Gasteiger partial charge in [0.05, 0.1) is 31.3 Å². The molecule has 0 bridgehead atoms. The minimum absolute atomic E-state index is 0.252. The normalized spacial score (nSPS) is 11.6. The van der Waals surface area contributed by atoms with E-state index in [0.29, 0.717) is 23.9 Å². The molecule has 1 amide bonds. The van der Waals surface area contributed by atoms with Gasteiger partial charge < -0.3 is 14.3 Å². The lowest BCUT2D eigenvalue weighted by Gasteiger charge is -2.34. The molecule has 3 heterocycles. The summed E-state index contributed by atoms with van der Waals surface area (Å²) in [5.41, 5.74) is 8.47. The molecule has 2 aromatic heterocycles. The highest BCUT2D eigenvalue weighted by molar-refractivity contribution is 9.10. The van der Waals surface area contributed by atoms with Crippen LogP contribution in [0.4, 0.5) is 0 Å². The quantitative estimate of drug-likeness (QED) is 0.0867. The molecule has 11 heteroatoms. The molecule has 55 heavy (non-hydrogen) atoms. The molecule has 0 saturated carbocycles. The molecular formula is C44H37BrClN7O2. The van der Waals surface area contributed by atoms with Crippen molar-refractivity contribution >= 4 is 33.9 Å². The molecule has 1 aliphatic carbocycles. The molecule has 2 aliphatic rings. The molecule has 0 saturated heterocycles. The summed E-state index contributed by atoms with van der Waals surface area (Å²) in [6.07, 6.45) is 6.82. The first-order valence-corrected chi connectivity index (χ1v) is 19.4. The maximum Gasteiger partial charge on any atom is 0.207 e. The molecule has 0 radical (unpaired) electrons. The van der Waals surface area contributed by atoms with Gasteiger partial charge in [-0.25, -0.2) is 4.98 Å². The number of hydrogen-bond donors (Lipinski definition) is 1. The van der Waals surface area contributed by atoms with E-state index in [-0.39, 0.29) is 6.54 Å². The number of fused-ring (bicyclic) bond motifs is 1. The third-order valence-corrected chi connectivity index (χ3v) is 11.2. The Morgan fingerprint density at radius 2 is 1.44 bits per heavy atom. The number of benzene rings is 4. The van der Waals surface area contributed by atoms with Crippen LogP contribution in [0.2, 0.25) is 5.15 Å². The van der Waals surface area contributed by atoms with E-state index in [0.717, 1.165) is 85.3 Å². The fourth-order valence-corrected chi connectivity index (χ4v) is 8.60. The Kier molecular flexibility index (Phi) is 10.4. The van der Waals surface area contributed by atoms with Crippen LogP contribution in [0.1, 0.15) is 53.5 Å². The fraction of sp³-hybridized carbons (Fsp3) is 0.159. The number of tetrazole rings is 1. The summed E-state index contributed by atoms with van der Waals surface area (Å²) in [5, 5.41) is 18.1. The van der Waals surface area contributed by atoms with Crippen molar-refractivity contribution in [1.29, 1.82) is 0 Å². The zero-order chi connectivity index (χ0) is 37.8. The Morgan fingerprint density at radius 1 is 0.818 bits per heavy atom. The predicted molar refractivity (Wildman–Crippen MR) is 218 cm³/mol. The molecule has 9 nitrogen and oxygen atoms in total. The Hall–Kier alpha value is -5.84. The van der Waals surface area contributed by atoms with Crippen LogP contribution in [0.3, 0.4) is 0 Å². The smallest absolute Gasteiger partial charge is 0.207 e. The first-order chi connectivity index (χ1) is 27.1. The van der Waals surface area contributed by atoms with Crippen molar-refractivity contribution in [2.24, 2.45) is 0 Å². The summed E-state index contributed by atoms with van der Waals surface area (Å²) in [6.45, 7) is 2.85. The Labute approximate surface area is 332 Å². The minimum atomic E-state index is -0.923. The SMILES string of the molecule is CCCCc1nc(Cl)c(CNC=O)n1Cc1c2ccocc-2c(Br)c1-c1ccccc1-c1nnn(C(c2ccccc2)(c2ccccc2)c2ccccc2)n1. The van der Waals surface area contributed by atoms with Gasteiger partial charge in [-0.15, -0.1) is 15.0 Å². The van der Waals surface area contributed by atoms with Crippen molar-refractivity contribution < 1.29 is 9.21 Å². The third-order valence-electron chi connectivity index (χ3n) is 10.1. The van der Waals surface area contributed by atoms with E-state index in [9.17, 15) is 4.79 Å². The number of nitrogens with one attached hydrogen (secondary N) is 1. The molecule has 1 aliphatic heterocycles. The number of hydrogen-bond acceptors (Lipinski definition) is 6. The van der Waals surface area contributed by atoms with Crippen LogP contribution in [-0.2, 0) is 29.8 Å². The molecule has 1 N–H and O–H groups in total. The van der Waals surface area contributed by atoms with Crippen molar-refractivity contribution in [3.8, 4) is 33.6 Å². The summed E-state index contributed by atoms with van der Waals surface area (Å²) in [4.78, 5) is 17.9. The Morgan fingerprint density at radius 3 is 2.05 bits per heavy atom. The van der Waals surface area contributed by atoms with Gasteiger partial charge in [-0.05, 0) is 67.0 Å². The van der Waals surface area contributed by atoms with Gasteiger partial charge in [-0.2, -0.15) is 0 Å².